The van der Waals surface area contributed by atoms with Crippen LogP contribution in [0.5, 0.6) is 11.5 Å². The van der Waals surface area contributed by atoms with Crippen molar-refractivity contribution in [3.63, 3.8) is 0 Å². The van der Waals surface area contributed by atoms with Gasteiger partial charge < -0.3 is 15.4 Å². The zero-order valence-electron chi connectivity index (χ0n) is 13.4. The van der Waals surface area contributed by atoms with Gasteiger partial charge in [-0.25, -0.2) is 4.99 Å². The number of nitrogens with zero attached hydrogens (tertiary/aromatic N) is 1. The Morgan fingerprint density at radius 2 is 1.71 bits per heavy atom. The van der Waals surface area contributed by atoms with Crippen LogP contribution in [0.3, 0.4) is 0 Å². The van der Waals surface area contributed by atoms with E-state index < -0.39 is 0 Å². The van der Waals surface area contributed by atoms with Gasteiger partial charge in [-0.3, -0.25) is 0 Å². The lowest BCUT2D eigenvalue weighted by atomic mass is 9.92. The highest BCUT2D eigenvalue weighted by Crippen LogP contribution is 2.30. The molecule has 2 aromatic rings. The van der Waals surface area contributed by atoms with Crippen LogP contribution >= 0.6 is 12.4 Å². The van der Waals surface area contributed by atoms with Gasteiger partial charge in [-0.15, -0.1) is 12.4 Å². The predicted octanol–water partition coefficient (Wildman–Crippen LogP) is 4.58. The number of hydrogen-bond acceptors (Lipinski definition) is 4. The van der Waals surface area contributed by atoms with E-state index in [1.807, 2.05) is 54.6 Å². The van der Waals surface area contributed by atoms with Crippen molar-refractivity contribution < 1.29 is 4.74 Å². The topological polar surface area (TPSA) is 45.6 Å². The molecule has 2 aromatic carbocycles. The molecule has 0 amide bonds. The van der Waals surface area contributed by atoms with Gasteiger partial charge in [-0.2, -0.15) is 0 Å². The van der Waals surface area contributed by atoms with Crippen molar-refractivity contribution >= 4 is 24.1 Å². The van der Waals surface area contributed by atoms with Crippen LogP contribution in [0.15, 0.2) is 59.6 Å². The molecule has 2 N–H and O–H groups in total. The summed E-state index contributed by atoms with van der Waals surface area (Å²) in [6, 6.07) is 18.7. The molecule has 0 radical (unpaired) electrons. The third-order valence-corrected chi connectivity index (χ3v) is 4.46. The zero-order valence-corrected chi connectivity index (χ0v) is 14.3. The van der Waals surface area contributed by atoms with E-state index in [1.165, 1.54) is 25.7 Å². The molecule has 2 aliphatic rings. The Labute approximate surface area is 148 Å². The van der Waals surface area contributed by atoms with Gasteiger partial charge in [0.05, 0.1) is 17.8 Å². The number of guanidine groups is 1. The molecule has 1 aliphatic carbocycles. The Morgan fingerprint density at radius 3 is 2.54 bits per heavy atom. The molecule has 24 heavy (non-hydrogen) atoms. The van der Waals surface area contributed by atoms with Gasteiger partial charge in [-0.05, 0) is 37.1 Å². The van der Waals surface area contributed by atoms with Gasteiger partial charge in [0.1, 0.15) is 5.75 Å². The lowest BCUT2D eigenvalue weighted by Gasteiger charge is -2.23. The first-order valence-electron chi connectivity index (χ1n) is 8.32. The van der Waals surface area contributed by atoms with Crippen LogP contribution in [0.25, 0.3) is 0 Å². The van der Waals surface area contributed by atoms with E-state index in [-0.39, 0.29) is 12.4 Å². The molecule has 0 bridgehead atoms. The highest BCUT2D eigenvalue weighted by Gasteiger charge is 2.30. The molecule has 4 rings (SSSR count). The predicted molar refractivity (Wildman–Crippen MR) is 100 cm³/mol. The van der Waals surface area contributed by atoms with Crippen molar-refractivity contribution in [2.24, 2.45) is 4.99 Å². The van der Waals surface area contributed by atoms with E-state index in [9.17, 15) is 0 Å². The second-order valence-electron chi connectivity index (χ2n) is 6.12. The van der Waals surface area contributed by atoms with E-state index in [2.05, 4.69) is 10.6 Å². The first-order chi connectivity index (χ1) is 11.4. The van der Waals surface area contributed by atoms with Crippen molar-refractivity contribution in [3.8, 4) is 11.5 Å². The Hall–Kier alpha value is -2.20. The molecule has 1 heterocycles. The highest BCUT2D eigenvalue weighted by molar-refractivity contribution is 5.96. The third-order valence-electron chi connectivity index (χ3n) is 4.46. The fourth-order valence-electron chi connectivity index (χ4n) is 3.28. The van der Waals surface area contributed by atoms with Crippen LogP contribution in [0.4, 0.5) is 5.69 Å². The number of aliphatic imine (C=N–C) groups is 1. The first kappa shape index (κ1) is 16.7. The summed E-state index contributed by atoms with van der Waals surface area (Å²) in [5, 5.41) is 6.92. The van der Waals surface area contributed by atoms with Crippen molar-refractivity contribution in [1.29, 1.82) is 0 Å². The molecule has 1 fully saturated rings. The van der Waals surface area contributed by atoms with Crippen LogP contribution < -0.4 is 15.4 Å². The number of para-hydroxylation sites is 3. The van der Waals surface area contributed by atoms with Gasteiger partial charge in [0.25, 0.3) is 0 Å². The summed E-state index contributed by atoms with van der Waals surface area (Å²) < 4.78 is 5.99. The molecular formula is C19H22ClN3O. The maximum absolute atomic E-state index is 5.99. The second kappa shape index (κ2) is 7.58. The van der Waals surface area contributed by atoms with Crippen LogP contribution in [-0.4, -0.2) is 18.0 Å². The second-order valence-corrected chi connectivity index (χ2v) is 6.12. The van der Waals surface area contributed by atoms with Gasteiger partial charge in [-0.1, -0.05) is 43.2 Å². The monoisotopic (exact) mass is 343 g/mol. The van der Waals surface area contributed by atoms with Gasteiger partial charge in [0.15, 0.2) is 11.7 Å². The van der Waals surface area contributed by atoms with Crippen LogP contribution in [0.2, 0.25) is 0 Å². The minimum Gasteiger partial charge on any atom is -0.455 e. The number of halogens is 1. The Balaban J connectivity index is 0.00000169. The van der Waals surface area contributed by atoms with E-state index in [4.69, 9.17) is 9.73 Å². The normalized spacial score (nSPS) is 21.8. The average molecular weight is 344 g/mol. The zero-order chi connectivity index (χ0) is 15.5. The van der Waals surface area contributed by atoms with E-state index in [0.29, 0.717) is 12.1 Å². The molecule has 2 atom stereocenters. The number of nitrogens with one attached hydrogen (secondary N) is 2. The Morgan fingerprint density at radius 1 is 0.958 bits per heavy atom. The largest absolute Gasteiger partial charge is 0.455 e. The third kappa shape index (κ3) is 3.65. The number of fused-ring (bicyclic) bond motifs is 1. The highest BCUT2D eigenvalue weighted by atomic mass is 35.5. The van der Waals surface area contributed by atoms with Gasteiger partial charge >= 0.3 is 0 Å². The number of benzene rings is 2. The maximum atomic E-state index is 5.99. The lowest BCUT2D eigenvalue weighted by Crippen LogP contribution is -2.38. The SMILES string of the molecule is Cl.c1ccc(Oc2ccccc2NC2=NC3CCCCC3N2)cc1. The number of ether oxygens (including phenoxy) is 1. The standard InChI is InChI=1S/C19H21N3O.ClH/c1-2-8-14(9-3-1)23-18-13-7-6-12-17(18)22-19-20-15-10-4-5-11-16(15)21-19;/h1-3,6-9,12-13,15-16H,4-5,10-11H2,(H2,20,21,22);1H. The van der Waals surface area contributed by atoms with Crippen molar-refractivity contribution in [2.75, 3.05) is 5.32 Å². The number of rotatable bonds is 3. The summed E-state index contributed by atoms with van der Waals surface area (Å²) in [5.41, 5.74) is 0.932. The maximum Gasteiger partial charge on any atom is 0.196 e. The average Bonchev–Trinajstić information content (AvgIpc) is 3.00. The molecule has 1 aliphatic heterocycles. The summed E-state index contributed by atoms with van der Waals surface area (Å²) in [4.78, 5) is 4.79. The lowest BCUT2D eigenvalue weighted by molar-refractivity contribution is 0.384. The number of anilines is 1. The van der Waals surface area contributed by atoms with E-state index >= 15 is 0 Å². The number of hydrogen-bond donors (Lipinski definition) is 2. The van der Waals surface area contributed by atoms with Crippen molar-refractivity contribution in [1.82, 2.24) is 5.32 Å². The Kier molecular flexibility index (Phi) is 5.26. The molecule has 1 saturated carbocycles. The smallest absolute Gasteiger partial charge is 0.196 e. The molecular weight excluding hydrogens is 322 g/mol. The fourth-order valence-corrected chi connectivity index (χ4v) is 3.28. The molecule has 0 aromatic heterocycles. The summed E-state index contributed by atoms with van der Waals surface area (Å²) in [7, 11) is 0. The van der Waals surface area contributed by atoms with Gasteiger partial charge in [0, 0.05) is 0 Å². The minimum absolute atomic E-state index is 0. The summed E-state index contributed by atoms with van der Waals surface area (Å²) in [6.07, 6.45) is 4.98. The molecule has 126 valence electrons. The summed E-state index contributed by atoms with van der Waals surface area (Å²) >= 11 is 0. The molecule has 2 unspecified atom stereocenters. The van der Waals surface area contributed by atoms with Crippen molar-refractivity contribution in [3.05, 3.63) is 54.6 Å². The summed E-state index contributed by atoms with van der Waals surface area (Å²) in [6.45, 7) is 0. The molecule has 4 nitrogen and oxygen atoms in total. The minimum atomic E-state index is 0. The van der Waals surface area contributed by atoms with Crippen molar-refractivity contribution in [2.45, 2.75) is 37.8 Å². The first-order valence-corrected chi connectivity index (χ1v) is 8.32. The molecule has 0 saturated heterocycles. The summed E-state index contributed by atoms with van der Waals surface area (Å²) in [5.74, 6) is 2.50. The fraction of sp³-hybridized carbons (Fsp3) is 0.316. The Bertz CT molecular complexity index is 705. The van der Waals surface area contributed by atoms with E-state index in [0.717, 1.165) is 23.1 Å². The van der Waals surface area contributed by atoms with Crippen LogP contribution in [0, 0.1) is 0 Å². The van der Waals surface area contributed by atoms with Crippen LogP contribution in [-0.2, 0) is 0 Å². The van der Waals surface area contributed by atoms with E-state index in [1.54, 1.807) is 0 Å². The molecule has 5 heteroatoms. The molecule has 0 spiro atoms. The van der Waals surface area contributed by atoms with Gasteiger partial charge in [0.2, 0.25) is 0 Å². The van der Waals surface area contributed by atoms with Crippen LogP contribution in [0.1, 0.15) is 25.7 Å². The quantitative estimate of drug-likeness (QED) is 0.857.